The molecule has 1 aliphatic rings. The Balaban J connectivity index is 2.75. The van der Waals surface area contributed by atoms with E-state index in [9.17, 15) is 34.5 Å². The van der Waals surface area contributed by atoms with Gasteiger partial charge in [-0.1, -0.05) is 223 Å². The number of aliphatic carboxylic acids is 1. The Morgan fingerprint density at radius 3 is 1.36 bits per heavy atom. The highest BCUT2D eigenvalue weighted by Gasteiger charge is 2.50. The van der Waals surface area contributed by atoms with Gasteiger partial charge in [0.2, 0.25) is 0 Å². The van der Waals surface area contributed by atoms with Crippen LogP contribution in [0.25, 0.3) is 0 Å². The predicted octanol–water partition coefficient (Wildman–Crippen LogP) is 13.4. The molecule has 0 bridgehead atoms. The molecule has 0 aromatic heterocycles. The van der Waals surface area contributed by atoms with E-state index < -0.39 is 67.3 Å². The van der Waals surface area contributed by atoms with Gasteiger partial charge in [0.1, 0.15) is 18.8 Å². The van der Waals surface area contributed by atoms with Gasteiger partial charge in [-0.15, -0.1) is 0 Å². The smallest absolute Gasteiger partial charge is 0.335 e. The Labute approximate surface area is 418 Å². The third kappa shape index (κ3) is 36.3. The Morgan fingerprint density at radius 2 is 0.913 bits per heavy atom. The zero-order chi connectivity index (χ0) is 50.4. The first-order valence-corrected chi connectivity index (χ1v) is 27.6. The summed E-state index contributed by atoms with van der Waals surface area (Å²) in [6.07, 6.45) is 41.1. The second kappa shape index (κ2) is 45.8. The van der Waals surface area contributed by atoms with Gasteiger partial charge in [-0.05, 0) is 44.9 Å². The number of rotatable bonds is 46. The van der Waals surface area contributed by atoms with Crippen LogP contribution < -0.4 is 0 Å². The van der Waals surface area contributed by atoms with Gasteiger partial charge in [0.05, 0.1) is 6.61 Å². The van der Waals surface area contributed by atoms with Gasteiger partial charge in [0, 0.05) is 19.3 Å². The lowest BCUT2D eigenvalue weighted by Gasteiger charge is -2.40. The summed E-state index contributed by atoms with van der Waals surface area (Å²) in [4.78, 5) is 50.9. The highest BCUT2D eigenvalue weighted by molar-refractivity contribution is 5.74. The maximum atomic E-state index is 13.1. The molecule has 0 spiro atoms. The molecular formula is C57H98O12. The fraction of sp³-hybridized carbons (Fsp3) is 0.789. The van der Waals surface area contributed by atoms with Gasteiger partial charge in [-0.2, -0.15) is 0 Å². The van der Waals surface area contributed by atoms with Gasteiger partial charge < -0.3 is 39.0 Å². The van der Waals surface area contributed by atoms with Crippen LogP contribution in [0.15, 0.2) is 48.6 Å². The van der Waals surface area contributed by atoms with Crippen molar-refractivity contribution in [3.05, 3.63) is 48.6 Å². The van der Waals surface area contributed by atoms with E-state index in [-0.39, 0.29) is 25.9 Å². The van der Waals surface area contributed by atoms with Crippen LogP contribution >= 0.6 is 0 Å². The molecule has 3 N–H and O–H groups in total. The number of unbranched alkanes of at least 4 members (excludes halogenated alkanes) is 24. The largest absolute Gasteiger partial charge is 0.479 e. The normalized spacial score (nSPS) is 19.0. The molecule has 1 rings (SSSR count). The summed E-state index contributed by atoms with van der Waals surface area (Å²) in [7, 11) is 0. The van der Waals surface area contributed by atoms with Crippen LogP contribution in [-0.4, -0.2) is 89.2 Å². The molecule has 0 aromatic carbocycles. The van der Waals surface area contributed by atoms with Crippen molar-refractivity contribution in [2.75, 3.05) is 13.2 Å². The Kier molecular flexibility index (Phi) is 42.3. The van der Waals surface area contributed by atoms with Crippen LogP contribution in [0.1, 0.15) is 239 Å². The van der Waals surface area contributed by atoms with Gasteiger partial charge in [0.15, 0.2) is 24.6 Å². The molecule has 1 heterocycles. The van der Waals surface area contributed by atoms with E-state index >= 15 is 0 Å². The van der Waals surface area contributed by atoms with Gasteiger partial charge >= 0.3 is 23.9 Å². The zero-order valence-corrected chi connectivity index (χ0v) is 43.6. The number of carbonyl (C=O) groups is 4. The van der Waals surface area contributed by atoms with Crippen molar-refractivity contribution < 1.29 is 58.2 Å². The van der Waals surface area contributed by atoms with Crippen molar-refractivity contribution in [2.45, 2.75) is 276 Å². The number of aliphatic hydroxyl groups is 2. The average Bonchev–Trinajstić information content (AvgIpc) is 3.33. The Morgan fingerprint density at radius 1 is 0.493 bits per heavy atom. The lowest BCUT2D eigenvalue weighted by atomic mass is 9.98. The maximum Gasteiger partial charge on any atom is 0.335 e. The molecule has 1 aliphatic heterocycles. The van der Waals surface area contributed by atoms with Crippen LogP contribution in [0, 0.1) is 0 Å². The molecule has 1 saturated heterocycles. The lowest BCUT2D eigenvalue weighted by molar-refractivity contribution is -0.301. The zero-order valence-electron chi connectivity index (χ0n) is 43.6. The minimum Gasteiger partial charge on any atom is -0.479 e. The third-order valence-electron chi connectivity index (χ3n) is 12.4. The standard InChI is InChI=1S/C57H98O12/c1-4-7-10-13-16-19-22-25-28-31-34-37-40-43-49(58)65-46-48(67-50(59)44-41-38-35-32-29-26-23-20-17-14-11-8-5-2)47-66-57-55(53(62)52(61)54(69-57)56(63)64)68-51(60)45-42-39-36-33-30-27-24-21-18-15-12-9-6-3/h7,10,16,19,25,28,34,37,48,52-55,57,61-62H,4-6,8-9,11-15,17-18,20-24,26-27,29-33,35-36,38-47H2,1-3H3,(H,63,64)/b10-7-,19-16-,28-25-,37-34-. The average molecular weight is 975 g/mol. The van der Waals surface area contributed by atoms with Crippen molar-refractivity contribution in [1.29, 1.82) is 0 Å². The summed E-state index contributed by atoms with van der Waals surface area (Å²) in [5.41, 5.74) is 0. The molecule has 0 aliphatic carbocycles. The minimum absolute atomic E-state index is 0.0580. The molecule has 12 heteroatoms. The second-order valence-electron chi connectivity index (χ2n) is 18.9. The molecule has 0 amide bonds. The lowest BCUT2D eigenvalue weighted by Crippen LogP contribution is -2.61. The summed E-state index contributed by atoms with van der Waals surface area (Å²) >= 11 is 0. The molecule has 6 unspecified atom stereocenters. The topological polar surface area (TPSA) is 175 Å². The number of carbonyl (C=O) groups excluding carboxylic acids is 3. The first kappa shape index (κ1) is 63.7. The number of carboxylic acids is 1. The van der Waals surface area contributed by atoms with Gasteiger partial charge in [-0.25, -0.2) is 4.79 Å². The number of ether oxygens (including phenoxy) is 5. The number of esters is 3. The first-order chi connectivity index (χ1) is 33.6. The monoisotopic (exact) mass is 975 g/mol. The fourth-order valence-corrected chi connectivity index (χ4v) is 8.21. The molecule has 398 valence electrons. The number of allylic oxidation sites excluding steroid dienone is 8. The van der Waals surface area contributed by atoms with Crippen LogP contribution in [0.3, 0.4) is 0 Å². The van der Waals surface area contributed by atoms with E-state index in [1.807, 2.05) is 12.2 Å². The Hall–Kier alpha value is -3.32. The first-order valence-electron chi connectivity index (χ1n) is 27.6. The van der Waals surface area contributed by atoms with Crippen molar-refractivity contribution >= 4 is 23.9 Å². The molecule has 1 fully saturated rings. The summed E-state index contributed by atoms with van der Waals surface area (Å²) < 4.78 is 28.3. The van der Waals surface area contributed by atoms with Crippen molar-refractivity contribution in [2.24, 2.45) is 0 Å². The number of hydrogen-bond acceptors (Lipinski definition) is 11. The van der Waals surface area contributed by atoms with E-state index in [2.05, 4.69) is 57.2 Å². The van der Waals surface area contributed by atoms with Crippen LogP contribution in [0.2, 0.25) is 0 Å². The summed E-state index contributed by atoms with van der Waals surface area (Å²) in [5.74, 6) is -3.21. The van der Waals surface area contributed by atoms with Crippen molar-refractivity contribution in [3.63, 3.8) is 0 Å². The second-order valence-corrected chi connectivity index (χ2v) is 18.9. The number of hydrogen-bond donors (Lipinski definition) is 3. The van der Waals surface area contributed by atoms with E-state index in [0.29, 0.717) is 19.3 Å². The summed E-state index contributed by atoms with van der Waals surface area (Å²) in [5, 5.41) is 31.4. The number of aliphatic hydroxyl groups excluding tert-OH is 2. The molecular weight excluding hydrogens is 877 g/mol. The van der Waals surface area contributed by atoms with E-state index in [0.717, 1.165) is 70.6 Å². The van der Waals surface area contributed by atoms with Crippen molar-refractivity contribution in [3.8, 4) is 0 Å². The molecule has 0 saturated carbocycles. The molecule has 0 radical (unpaired) electrons. The fourth-order valence-electron chi connectivity index (χ4n) is 8.21. The molecule has 0 aromatic rings. The Bertz CT molecular complexity index is 1390. The number of carboxylic acid groups (broad SMARTS) is 1. The minimum atomic E-state index is -1.91. The van der Waals surface area contributed by atoms with Gasteiger partial charge in [0.25, 0.3) is 0 Å². The van der Waals surface area contributed by atoms with E-state index in [4.69, 9.17) is 23.7 Å². The van der Waals surface area contributed by atoms with Crippen molar-refractivity contribution in [1.82, 2.24) is 0 Å². The SMILES string of the molecule is CC/C=C\C/C=C\C/C=C\C/C=C\CCC(=O)OCC(COC1OC(C(=O)O)C(O)C(O)C1OC(=O)CCCCCCCCCCCCCCC)OC(=O)CCCCCCCCCCCCCCC. The predicted molar refractivity (Wildman–Crippen MR) is 276 cm³/mol. The van der Waals surface area contributed by atoms with Gasteiger partial charge in [-0.3, -0.25) is 14.4 Å². The third-order valence-corrected chi connectivity index (χ3v) is 12.4. The molecule has 6 atom stereocenters. The maximum absolute atomic E-state index is 13.1. The highest BCUT2D eigenvalue weighted by Crippen LogP contribution is 2.26. The quantitative estimate of drug-likeness (QED) is 0.0228. The van der Waals surface area contributed by atoms with E-state index in [1.165, 1.54) is 109 Å². The van der Waals surface area contributed by atoms with Crippen LogP contribution in [0.4, 0.5) is 0 Å². The highest BCUT2D eigenvalue weighted by atomic mass is 16.7. The molecule has 69 heavy (non-hydrogen) atoms. The summed E-state index contributed by atoms with van der Waals surface area (Å²) in [6.45, 7) is 5.80. The van der Waals surface area contributed by atoms with Crippen LogP contribution in [-0.2, 0) is 42.9 Å². The van der Waals surface area contributed by atoms with E-state index in [1.54, 1.807) is 0 Å². The summed E-state index contributed by atoms with van der Waals surface area (Å²) in [6, 6.07) is 0. The van der Waals surface area contributed by atoms with Crippen LogP contribution in [0.5, 0.6) is 0 Å². The molecule has 12 nitrogen and oxygen atoms in total.